The molecule has 0 amide bonds. The van der Waals surface area contributed by atoms with Gasteiger partial charge in [-0.05, 0) is 6.42 Å². The van der Waals surface area contributed by atoms with Crippen molar-refractivity contribution in [2.24, 2.45) is 5.92 Å². The summed E-state index contributed by atoms with van der Waals surface area (Å²) in [5.74, 6) is -0.0784. The van der Waals surface area contributed by atoms with Crippen LogP contribution < -0.4 is 0 Å². The van der Waals surface area contributed by atoms with Gasteiger partial charge in [0.2, 0.25) is 0 Å². The van der Waals surface area contributed by atoms with Gasteiger partial charge >= 0.3 is 12.7 Å². The molecule has 0 aliphatic carbocycles. The molecule has 6 heteroatoms. The van der Waals surface area contributed by atoms with Crippen LogP contribution >= 0.6 is 33.2 Å². The van der Waals surface area contributed by atoms with Gasteiger partial charge in [-0.2, -0.15) is 0 Å². The van der Waals surface area contributed by atoms with Gasteiger partial charge in [-0.3, -0.25) is 4.79 Å². The molecule has 86 valence electrons. The second-order valence-electron chi connectivity index (χ2n) is 2.92. The zero-order valence-corrected chi connectivity index (χ0v) is 12.1. The summed E-state index contributed by atoms with van der Waals surface area (Å²) in [5, 5.41) is 0. The summed E-state index contributed by atoms with van der Waals surface area (Å²) < 4.78 is 4.90. The first kappa shape index (κ1) is 17.0. The number of carbonyl (C=O) groups excluding carboxylic acids is 1. The van der Waals surface area contributed by atoms with Crippen molar-refractivity contribution in [3.05, 3.63) is 0 Å². The van der Waals surface area contributed by atoms with Gasteiger partial charge < -0.3 is 4.74 Å². The van der Waals surface area contributed by atoms with Crippen LogP contribution in [0.15, 0.2) is 0 Å². The third kappa shape index (κ3) is 18.4. The summed E-state index contributed by atoms with van der Waals surface area (Å²) in [6, 6.07) is 0. The molecule has 2 nitrogen and oxygen atoms in total. The molecule has 0 saturated heterocycles. The molecule has 0 aromatic heterocycles. The number of hydrogen-bond acceptors (Lipinski definition) is 2. The first-order chi connectivity index (χ1) is 6.41. The zero-order chi connectivity index (χ0) is 11.6. The lowest BCUT2D eigenvalue weighted by Gasteiger charge is -2.04. The molecule has 0 N–H and O–H groups in total. The van der Waals surface area contributed by atoms with Gasteiger partial charge in [-0.15, -0.1) is 33.2 Å². The van der Waals surface area contributed by atoms with Crippen molar-refractivity contribution in [1.82, 2.24) is 0 Å². The Balaban J connectivity index is 0. The first-order valence-corrected chi connectivity index (χ1v) is 9.74. The lowest BCUT2D eigenvalue weighted by molar-refractivity contribution is -0.147. The highest BCUT2D eigenvalue weighted by Gasteiger charge is 2.06. The Labute approximate surface area is 102 Å². The molecular formula is C8H17Cl3O2Si. The average molecular weight is 280 g/mol. The number of halogens is 3. The Morgan fingerprint density at radius 1 is 1.36 bits per heavy atom. The number of esters is 1. The van der Waals surface area contributed by atoms with E-state index in [-0.39, 0.29) is 11.9 Å². The highest BCUT2D eigenvalue weighted by atomic mass is 35.8. The highest BCUT2D eigenvalue weighted by Crippen LogP contribution is 1.97. The molecule has 0 spiro atoms. The van der Waals surface area contributed by atoms with Crippen molar-refractivity contribution in [3.63, 3.8) is 0 Å². The minimum atomic E-state index is -1.72. The molecule has 0 heterocycles. The van der Waals surface area contributed by atoms with Gasteiger partial charge in [-0.1, -0.05) is 27.2 Å². The van der Waals surface area contributed by atoms with Crippen LogP contribution in [0.3, 0.4) is 0 Å². The van der Waals surface area contributed by atoms with Gasteiger partial charge in [-0.25, -0.2) is 0 Å². The summed E-state index contributed by atoms with van der Waals surface area (Å²) in [4.78, 5) is 10.8. The molecule has 14 heavy (non-hydrogen) atoms. The van der Waals surface area contributed by atoms with E-state index in [0.29, 0.717) is 6.61 Å². The quantitative estimate of drug-likeness (QED) is 0.341. The van der Waals surface area contributed by atoms with Crippen LogP contribution in [0.1, 0.15) is 33.6 Å². The molecule has 0 aromatic carbocycles. The fraction of sp³-hybridized carbons (Fsp3) is 0.875. The lowest BCUT2D eigenvalue weighted by atomic mass is 10.2. The zero-order valence-electron chi connectivity index (χ0n) is 8.73. The molecule has 0 rings (SSSR count). The van der Waals surface area contributed by atoms with Crippen LogP contribution in [-0.2, 0) is 9.53 Å². The van der Waals surface area contributed by atoms with Gasteiger partial charge in [0.1, 0.15) is 0 Å². The normalized spacial score (nSPS) is 9.71. The Kier molecular flexibility index (Phi) is 14.1. The molecule has 0 aromatic rings. The van der Waals surface area contributed by atoms with E-state index in [1.807, 2.05) is 13.8 Å². The van der Waals surface area contributed by atoms with Gasteiger partial charge in [0.15, 0.2) is 0 Å². The van der Waals surface area contributed by atoms with Crippen molar-refractivity contribution in [2.45, 2.75) is 33.6 Å². The predicted molar refractivity (Wildman–Crippen MR) is 65.4 cm³/mol. The van der Waals surface area contributed by atoms with E-state index in [9.17, 15) is 4.79 Å². The van der Waals surface area contributed by atoms with Crippen LogP contribution in [-0.4, -0.2) is 19.3 Å². The maximum atomic E-state index is 10.8. The number of unbranched alkanes of at least 4 members (excludes halogenated alkanes) is 1. The van der Waals surface area contributed by atoms with Crippen molar-refractivity contribution in [2.75, 3.05) is 6.61 Å². The standard InChI is InChI=1S/C8H16O2.Cl3HSi/c1-4-5-6-10-8(9)7(2)3;1-4(2)3/h7H,4-6H2,1-3H3;4H. The van der Waals surface area contributed by atoms with E-state index in [1.54, 1.807) is 0 Å². The van der Waals surface area contributed by atoms with Gasteiger partial charge in [0.05, 0.1) is 12.5 Å². The largest absolute Gasteiger partial charge is 0.465 e. The minimum Gasteiger partial charge on any atom is -0.465 e. The molecule has 0 radical (unpaired) electrons. The Morgan fingerprint density at radius 2 is 1.79 bits per heavy atom. The number of ether oxygens (including phenoxy) is 1. The fourth-order valence-corrected chi connectivity index (χ4v) is 0.484. The van der Waals surface area contributed by atoms with Gasteiger partial charge in [0.25, 0.3) is 0 Å². The summed E-state index contributed by atoms with van der Waals surface area (Å²) >= 11 is 14.8. The van der Waals surface area contributed by atoms with Crippen LogP contribution in [0.5, 0.6) is 0 Å². The number of carbonyl (C=O) groups is 1. The molecule has 0 saturated carbocycles. The van der Waals surface area contributed by atoms with E-state index in [0.717, 1.165) is 12.8 Å². The second kappa shape index (κ2) is 11.6. The summed E-state index contributed by atoms with van der Waals surface area (Å²) in [6.07, 6.45) is 2.05. The van der Waals surface area contributed by atoms with E-state index < -0.39 is 6.73 Å². The number of rotatable bonds is 4. The molecule has 0 aliphatic heterocycles. The monoisotopic (exact) mass is 278 g/mol. The van der Waals surface area contributed by atoms with Crippen LogP contribution in [0.4, 0.5) is 0 Å². The van der Waals surface area contributed by atoms with Crippen molar-refractivity contribution >= 4 is 45.9 Å². The molecule has 0 aliphatic rings. The summed E-state index contributed by atoms with van der Waals surface area (Å²) in [5.41, 5.74) is 0. The van der Waals surface area contributed by atoms with E-state index in [1.165, 1.54) is 0 Å². The molecule has 0 fully saturated rings. The highest BCUT2D eigenvalue weighted by molar-refractivity contribution is 7.54. The lowest BCUT2D eigenvalue weighted by Crippen LogP contribution is -2.12. The maximum absolute atomic E-state index is 10.8. The summed E-state index contributed by atoms with van der Waals surface area (Å²) in [6.45, 7) is 4.61. The third-order valence-corrected chi connectivity index (χ3v) is 1.21. The van der Waals surface area contributed by atoms with Crippen molar-refractivity contribution in [1.29, 1.82) is 0 Å². The smallest absolute Gasteiger partial charge is 0.326 e. The predicted octanol–water partition coefficient (Wildman–Crippen LogP) is 3.41. The maximum Gasteiger partial charge on any atom is 0.326 e. The first-order valence-electron chi connectivity index (χ1n) is 4.50. The van der Waals surface area contributed by atoms with Crippen molar-refractivity contribution < 1.29 is 9.53 Å². The van der Waals surface area contributed by atoms with E-state index in [2.05, 4.69) is 6.92 Å². The summed E-state index contributed by atoms with van der Waals surface area (Å²) in [7, 11) is 0. The average Bonchev–Trinajstić information content (AvgIpc) is 2.03. The SMILES string of the molecule is CCCCOC(=O)C(C)C.Cl[SiH](Cl)Cl. The van der Waals surface area contributed by atoms with Crippen LogP contribution in [0.2, 0.25) is 0 Å². The Morgan fingerprint density at radius 3 is 2.07 bits per heavy atom. The molecule has 0 unspecified atom stereocenters. The second-order valence-corrected chi connectivity index (χ2v) is 9.36. The molecular weight excluding hydrogens is 263 g/mol. The topological polar surface area (TPSA) is 26.3 Å². The fourth-order valence-electron chi connectivity index (χ4n) is 0.484. The van der Waals surface area contributed by atoms with E-state index in [4.69, 9.17) is 38.0 Å². The Bertz CT molecular complexity index is 140. The van der Waals surface area contributed by atoms with Crippen LogP contribution in [0, 0.1) is 5.92 Å². The molecule has 0 atom stereocenters. The Hall–Kier alpha value is 0.557. The van der Waals surface area contributed by atoms with E-state index >= 15 is 0 Å². The van der Waals surface area contributed by atoms with Crippen LogP contribution in [0.25, 0.3) is 0 Å². The third-order valence-electron chi connectivity index (χ3n) is 1.21. The minimum absolute atomic E-state index is 0.0110. The number of hydrogen-bond donors (Lipinski definition) is 0. The van der Waals surface area contributed by atoms with Gasteiger partial charge in [0, 0.05) is 0 Å². The van der Waals surface area contributed by atoms with Crippen molar-refractivity contribution in [3.8, 4) is 0 Å². The molecule has 0 bridgehead atoms.